The minimum absolute atomic E-state index is 0.0127. The smallest absolute Gasteiger partial charge is 0.373 e. The van der Waals surface area contributed by atoms with Crippen molar-refractivity contribution in [3.63, 3.8) is 0 Å². The largest absolute Gasteiger partial charge is 0.506 e. The zero-order valence-corrected chi connectivity index (χ0v) is 15.6. The number of unbranched alkanes of at least 4 members (excludes halogenated alkanes) is 4. The molecule has 0 unspecified atom stereocenters. The highest BCUT2D eigenvalue weighted by molar-refractivity contribution is 6.64. The van der Waals surface area contributed by atoms with Gasteiger partial charge in [-0.25, -0.2) is 0 Å². The Kier molecular flexibility index (Phi) is 10.8. The van der Waals surface area contributed by atoms with E-state index in [1.165, 1.54) is 32.1 Å². The lowest BCUT2D eigenvalue weighted by molar-refractivity contribution is 0.0460. The summed E-state index contributed by atoms with van der Waals surface area (Å²) in [6.07, 6.45) is 7.60. The molecule has 0 amide bonds. The Bertz CT molecular complexity index is 215. The molecule has 0 radical (unpaired) electrons. The Labute approximate surface area is 127 Å². The Balaban J connectivity index is 4.64. The van der Waals surface area contributed by atoms with E-state index in [-0.39, 0.29) is 5.04 Å². The summed E-state index contributed by atoms with van der Waals surface area (Å²) in [6.45, 7) is 14.8. The van der Waals surface area contributed by atoms with Crippen LogP contribution in [0.25, 0.3) is 0 Å². The van der Waals surface area contributed by atoms with Gasteiger partial charge in [0.2, 0.25) is 0 Å². The molecule has 0 aliphatic carbocycles. The zero-order chi connectivity index (χ0) is 15.5. The maximum Gasteiger partial charge on any atom is 0.506 e. The summed E-state index contributed by atoms with van der Waals surface area (Å²) in [4.78, 5) is 0. The second-order valence-corrected chi connectivity index (χ2v) is 9.24. The average molecular weight is 305 g/mol. The summed E-state index contributed by atoms with van der Waals surface area (Å²) >= 11 is 0. The molecule has 122 valence electrons. The Morgan fingerprint density at radius 2 is 1.15 bits per heavy atom. The fourth-order valence-electron chi connectivity index (χ4n) is 2.60. The van der Waals surface area contributed by atoms with Crippen LogP contribution in [0.2, 0.25) is 5.04 Å². The molecule has 0 aliphatic rings. The first kappa shape index (κ1) is 20.1. The van der Waals surface area contributed by atoms with Gasteiger partial charge in [0.15, 0.2) is 0 Å². The third-order valence-electron chi connectivity index (χ3n) is 3.74. The molecule has 0 rings (SSSR count). The van der Waals surface area contributed by atoms with E-state index >= 15 is 0 Å². The van der Waals surface area contributed by atoms with Gasteiger partial charge in [0.1, 0.15) is 0 Å². The van der Waals surface area contributed by atoms with E-state index in [9.17, 15) is 0 Å². The van der Waals surface area contributed by atoms with Gasteiger partial charge in [0.25, 0.3) is 0 Å². The van der Waals surface area contributed by atoms with Crippen LogP contribution in [0.4, 0.5) is 0 Å². The van der Waals surface area contributed by atoms with Crippen LogP contribution < -0.4 is 0 Å². The maximum atomic E-state index is 6.05. The molecule has 20 heavy (non-hydrogen) atoms. The van der Waals surface area contributed by atoms with Crippen molar-refractivity contribution in [1.82, 2.24) is 0 Å². The van der Waals surface area contributed by atoms with Gasteiger partial charge >= 0.3 is 8.80 Å². The molecule has 0 bridgehead atoms. The van der Waals surface area contributed by atoms with Crippen molar-refractivity contribution >= 4 is 8.80 Å². The normalized spacial score (nSPS) is 12.9. The molecule has 0 aromatic heterocycles. The van der Waals surface area contributed by atoms with Crippen LogP contribution in [-0.2, 0) is 13.3 Å². The molecular formula is C16H36O3Si. The summed E-state index contributed by atoms with van der Waals surface area (Å²) in [7, 11) is -2.59. The predicted octanol–water partition coefficient (Wildman–Crippen LogP) is 5.18. The van der Waals surface area contributed by atoms with Crippen molar-refractivity contribution in [2.75, 3.05) is 19.8 Å². The van der Waals surface area contributed by atoms with E-state index < -0.39 is 8.80 Å². The molecule has 0 N–H and O–H groups in total. The Morgan fingerprint density at radius 1 is 0.700 bits per heavy atom. The maximum absolute atomic E-state index is 6.05. The van der Waals surface area contributed by atoms with E-state index in [4.69, 9.17) is 13.3 Å². The zero-order valence-electron chi connectivity index (χ0n) is 14.6. The van der Waals surface area contributed by atoms with Crippen molar-refractivity contribution in [3.8, 4) is 0 Å². The van der Waals surface area contributed by atoms with Crippen LogP contribution in [0.5, 0.6) is 0 Å². The molecular weight excluding hydrogens is 268 g/mol. The highest BCUT2D eigenvalue weighted by Gasteiger charge is 2.54. The van der Waals surface area contributed by atoms with Gasteiger partial charge < -0.3 is 13.3 Å². The van der Waals surface area contributed by atoms with Crippen LogP contribution in [0, 0.1) is 0 Å². The van der Waals surface area contributed by atoms with Gasteiger partial charge in [0, 0.05) is 24.9 Å². The second kappa shape index (κ2) is 10.8. The van der Waals surface area contributed by atoms with Crippen molar-refractivity contribution in [3.05, 3.63) is 0 Å². The van der Waals surface area contributed by atoms with Gasteiger partial charge in [-0.05, 0) is 27.2 Å². The second-order valence-electron chi connectivity index (χ2n) is 5.90. The molecule has 3 nitrogen and oxygen atoms in total. The first-order chi connectivity index (χ1) is 9.49. The van der Waals surface area contributed by atoms with Gasteiger partial charge in [-0.2, -0.15) is 0 Å². The molecule has 0 fully saturated rings. The summed E-state index contributed by atoms with van der Waals surface area (Å²) in [6, 6.07) is 0. The summed E-state index contributed by atoms with van der Waals surface area (Å²) in [5.41, 5.74) is 0. The van der Waals surface area contributed by atoms with E-state index in [2.05, 4.69) is 20.8 Å². The van der Waals surface area contributed by atoms with Gasteiger partial charge in [-0.15, -0.1) is 0 Å². The molecule has 0 aliphatic heterocycles. The number of hydrogen-bond acceptors (Lipinski definition) is 3. The highest BCUT2D eigenvalue weighted by Crippen LogP contribution is 2.44. The van der Waals surface area contributed by atoms with Crippen molar-refractivity contribution in [2.45, 2.75) is 85.1 Å². The molecule has 0 heterocycles. The topological polar surface area (TPSA) is 27.7 Å². The first-order valence-electron chi connectivity index (χ1n) is 8.41. The summed E-state index contributed by atoms with van der Waals surface area (Å²) in [5.74, 6) is 0. The lowest BCUT2D eigenvalue weighted by Crippen LogP contribution is -2.54. The van der Waals surface area contributed by atoms with Crippen LogP contribution in [0.3, 0.4) is 0 Å². The van der Waals surface area contributed by atoms with Crippen molar-refractivity contribution in [1.29, 1.82) is 0 Å². The third-order valence-corrected chi connectivity index (χ3v) is 7.65. The number of rotatable bonds is 13. The quantitative estimate of drug-likeness (QED) is 0.347. The summed E-state index contributed by atoms with van der Waals surface area (Å²) in [5, 5.41) is -0.0127. The van der Waals surface area contributed by atoms with Crippen LogP contribution in [0.1, 0.15) is 80.1 Å². The van der Waals surface area contributed by atoms with Gasteiger partial charge in [-0.3, -0.25) is 0 Å². The minimum Gasteiger partial charge on any atom is -0.373 e. The number of hydrogen-bond donors (Lipinski definition) is 0. The Hall–Kier alpha value is 0.0969. The first-order valence-corrected chi connectivity index (χ1v) is 10.1. The van der Waals surface area contributed by atoms with Crippen LogP contribution >= 0.6 is 0 Å². The minimum atomic E-state index is -2.59. The molecule has 4 heteroatoms. The molecule has 0 spiro atoms. The van der Waals surface area contributed by atoms with Crippen molar-refractivity contribution < 1.29 is 13.3 Å². The van der Waals surface area contributed by atoms with E-state index in [0.717, 1.165) is 6.42 Å². The van der Waals surface area contributed by atoms with Crippen LogP contribution in [0.15, 0.2) is 0 Å². The highest BCUT2D eigenvalue weighted by atomic mass is 28.4. The molecule has 0 saturated heterocycles. The monoisotopic (exact) mass is 304 g/mol. The molecule has 0 saturated carbocycles. The van der Waals surface area contributed by atoms with Gasteiger partial charge in [0.05, 0.1) is 0 Å². The van der Waals surface area contributed by atoms with E-state index in [1.54, 1.807) is 0 Å². The van der Waals surface area contributed by atoms with Crippen molar-refractivity contribution in [2.24, 2.45) is 0 Å². The standard InChI is InChI=1S/C16H36O3Si/c1-7-11-12-13-14-15-16(5,6)20(17-8-2,18-9-3)19-10-4/h7-15H2,1-6H3. The molecule has 0 aromatic carbocycles. The Morgan fingerprint density at radius 3 is 1.55 bits per heavy atom. The van der Waals surface area contributed by atoms with Gasteiger partial charge in [-0.1, -0.05) is 52.9 Å². The van der Waals surface area contributed by atoms with Crippen LogP contribution in [-0.4, -0.2) is 28.6 Å². The summed E-state index contributed by atoms with van der Waals surface area (Å²) < 4.78 is 18.1. The predicted molar refractivity (Wildman–Crippen MR) is 88.0 cm³/mol. The van der Waals surface area contributed by atoms with E-state index in [1.807, 2.05) is 20.8 Å². The average Bonchev–Trinajstić information content (AvgIpc) is 2.39. The molecule has 0 atom stereocenters. The third kappa shape index (κ3) is 6.25. The SMILES string of the molecule is CCCCCCCC(C)(C)[Si](OCC)(OCC)OCC. The fraction of sp³-hybridized carbons (Fsp3) is 1.00. The van der Waals surface area contributed by atoms with E-state index in [0.29, 0.717) is 19.8 Å². The fourth-order valence-corrected chi connectivity index (χ4v) is 5.65. The molecule has 0 aromatic rings. The lowest BCUT2D eigenvalue weighted by atomic mass is 10.0. The lowest BCUT2D eigenvalue weighted by Gasteiger charge is -2.41.